The molecular formula is C35H42ClN3O4. The van der Waals surface area contributed by atoms with Crippen molar-refractivity contribution in [2.24, 2.45) is 5.92 Å². The van der Waals surface area contributed by atoms with Gasteiger partial charge in [-0.25, -0.2) is 0 Å². The second-order valence-corrected chi connectivity index (χ2v) is 12.1. The SMILES string of the molecule is CCC(C)Oc1cc2c(cc1OC)CC(=O)N(c1ccc(N(C)C(C(C)=O)C3CCNCC3)cc1)C2c1ccc(Cl)cc1. The highest BCUT2D eigenvalue weighted by Gasteiger charge is 2.36. The third-order valence-electron chi connectivity index (χ3n) is 8.88. The minimum Gasteiger partial charge on any atom is -0.493 e. The fraction of sp³-hybridized carbons (Fsp3) is 0.429. The molecule has 7 nitrogen and oxygen atoms in total. The second kappa shape index (κ2) is 13.4. The molecule has 0 aliphatic carbocycles. The van der Waals surface area contributed by atoms with Crippen LogP contribution in [0.2, 0.25) is 5.02 Å². The van der Waals surface area contributed by atoms with Crippen molar-refractivity contribution in [2.75, 3.05) is 37.0 Å². The van der Waals surface area contributed by atoms with Crippen molar-refractivity contribution in [3.8, 4) is 11.5 Å². The second-order valence-electron chi connectivity index (χ2n) is 11.7. The number of nitrogens with zero attached hydrogens (tertiary/aromatic N) is 2. The van der Waals surface area contributed by atoms with Crippen LogP contribution in [0.3, 0.4) is 0 Å². The molecule has 2 heterocycles. The summed E-state index contributed by atoms with van der Waals surface area (Å²) >= 11 is 6.27. The van der Waals surface area contributed by atoms with E-state index in [2.05, 4.69) is 17.1 Å². The largest absolute Gasteiger partial charge is 0.493 e. The monoisotopic (exact) mass is 603 g/mol. The lowest BCUT2D eigenvalue weighted by atomic mass is 9.86. The van der Waals surface area contributed by atoms with E-state index in [1.54, 1.807) is 14.0 Å². The lowest BCUT2D eigenvalue weighted by molar-refractivity contribution is -0.120. The maximum atomic E-state index is 13.9. The molecule has 8 heteroatoms. The summed E-state index contributed by atoms with van der Waals surface area (Å²) in [5.74, 6) is 1.75. The smallest absolute Gasteiger partial charge is 0.232 e. The fourth-order valence-electron chi connectivity index (χ4n) is 6.46. The highest BCUT2D eigenvalue weighted by Crippen LogP contribution is 2.44. The highest BCUT2D eigenvalue weighted by molar-refractivity contribution is 6.30. The van der Waals surface area contributed by atoms with Crippen LogP contribution < -0.4 is 24.6 Å². The van der Waals surface area contributed by atoms with Crippen molar-refractivity contribution in [1.29, 1.82) is 0 Å². The number of carbonyl (C=O) groups is 2. The number of likely N-dealkylation sites (N-methyl/N-ethyl adjacent to an activating group) is 1. The van der Waals surface area contributed by atoms with Crippen molar-refractivity contribution < 1.29 is 19.1 Å². The van der Waals surface area contributed by atoms with Crippen molar-refractivity contribution >= 4 is 34.7 Å². The Hall–Kier alpha value is -3.55. The van der Waals surface area contributed by atoms with Gasteiger partial charge in [0.25, 0.3) is 0 Å². The molecule has 3 aromatic carbocycles. The van der Waals surface area contributed by atoms with E-state index in [9.17, 15) is 9.59 Å². The summed E-state index contributed by atoms with van der Waals surface area (Å²) in [4.78, 5) is 30.6. The van der Waals surface area contributed by atoms with Gasteiger partial charge in [-0.3, -0.25) is 9.59 Å². The highest BCUT2D eigenvalue weighted by atomic mass is 35.5. The van der Waals surface area contributed by atoms with E-state index < -0.39 is 0 Å². The van der Waals surface area contributed by atoms with Gasteiger partial charge in [-0.05, 0) is 117 Å². The number of halogens is 1. The van der Waals surface area contributed by atoms with Gasteiger partial charge in [-0.15, -0.1) is 0 Å². The topological polar surface area (TPSA) is 71.1 Å². The number of Topliss-reactive ketones (excluding diaryl/α,β-unsaturated/α-hetero) is 1. The first-order chi connectivity index (χ1) is 20.7. The summed E-state index contributed by atoms with van der Waals surface area (Å²) in [5.41, 5.74) is 4.59. The molecule has 0 aromatic heterocycles. The molecule has 0 bridgehead atoms. The summed E-state index contributed by atoms with van der Waals surface area (Å²) in [6.07, 6.45) is 3.06. The van der Waals surface area contributed by atoms with Crippen LogP contribution in [0, 0.1) is 5.92 Å². The van der Waals surface area contributed by atoms with Crippen LogP contribution in [-0.2, 0) is 16.0 Å². The lowest BCUT2D eigenvalue weighted by Gasteiger charge is -2.39. The molecule has 228 valence electrons. The molecule has 43 heavy (non-hydrogen) atoms. The molecule has 1 N–H and O–H groups in total. The van der Waals surface area contributed by atoms with E-state index in [1.807, 2.05) is 79.5 Å². The third kappa shape index (κ3) is 6.53. The number of anilines is 2. The molecule has 2 aliphatic rings. The number of hydrogen-bond acceptors (Lipinski definition) is 6. The number of methoxy groups -OCH3 is 1. The van der Waals surface area contributed by atoms with Gasteiger partial charge in [-0.1, -0.05) is 30.7 Å². The Morgan fingerprint density at radius 1 is 1.07 bits per heavy atom. The zero-order chi connectivity index (χ0) is 30.7. The van der Waals surface area contributed by atoms with Gasteiger partial charge >= 0.3 is 0 Å². The molecule has 3 unspecified atom stereocenters. The van der Waals surface area contributed by atoms with Crippen LogP contribution in [0.15, 0.2) is 60.7 Å². The van der Waals surface area contributed by atoms with E-state index in [4.69, 9.17) is 21.1 Å². The Kier molecular flexibility index (Phi) is 9.62. The molecule has 2 aliphatic heterocycles. The van der Waals surface area contributed by atoms with Gasteiger partial charge in [0.1, 0.15) is 0 Å². The summed E-state index contributed by atoms with van der Waals surface area (Å²) in [5, 5.41) is 4.03. The van der Waals surface area contributed by atoms with Crippen LogP contribution in [0.25, 0.3) is 0 Å². The maximum Gasteiger partial charge on any atom is 0.232 e. The van der Waals surface area contributed by atoms with Crippen LogP contribution >= 0.6 is 11.6 Å². The van der Waals surface area contributed by atoms with E-state index in [1.165, 1.54) is 0 Å². The van der Waals surface area contributed by atoms with Gasteiger partial charge in [0.2, 0.25) is 5.91 Å². The normalized spacial score (nSPS) is 18.5. The summed E-state index contributed by atoms with van der Waals surface area (Å²) in [6, 6.07) is 19.0. The molecule has 0 radical (unpaired) electrons. The molecular weight excluding hydrogens is 562 g/mol. The number of hydrogen-bond donors (Lipinski definition) is 1. The van der Waals surface area contributed by atoms with Gasteiger partial charge in [0, 0.05) is 23.4 Å². The Morgan fingerprint density at radius 3 is 2.35 bits per heavy atom. The number of benzene rings is 3. The van der Waals surface area contributed by atoms with E-state index in [-0.39, 0.29) is 36.3 Å². The molecule has 1 fully saturated rings. The Balaban J connectivity index is 1.54. The number of fused-ring (bicyclic) bond motifs is 1. The van der Waals surface area contributed by atoms with Crippen LogP contribution in [0.1, 0.15) is 62.8 Å². The van der Waals surface area contributed by atoms with Gasteiger partial charge < -0.3 is 24.6 Å². The van der Waals surface area contributed by atoms with Crippen molar-refractivity contribution in [3.63, 3.8) is 0 Å². The standard InChI is InChI=1S/C35H42ClN3O4/c1-6-22(2)43-32-21-30-26(19-31(32)42-5)20-33(41)39(35(30)24-7-9-27(36)10-8-24)29-13-11-28(12-14-29)38(4)34(23(3)40)25-15-17-37-18-16-25/h7-14,19,21-22,25,34-35,37H,6,15-18,20H2,1-5H3. The molecule has 3 aromatic rings. The molecule has 1 amide bonds. The van der Waals surface area contributed by atoms with Crippen molar-refractivity contribution in [3.05, 3.63) is 82.4 Å². The first-order valence-corrected chi connectivity index (χ1v) is 15.6. The minimum absolute atomic E-state index is 0.00972. The quantitative estimate of drug-likeness (QED) is 0.282. The lowest BCUT2D eigenvalue weighted by Crippen LogP contribution is -2.47. The number of ketones is 1. The molecule has 0 spiro atoms. The van der Waals surface area contributed by atoms with Crippen LogP contribution in [0.5, 0.6) is 11.5 Å². The average Bonchev–Trinajstić information content (AvgIpc) is 3.01. The van der Waals surface area contributed by atoms with Crippen LogP contribution in [-0.4, -0.2) is 51.1 Å². The summed E-state index contributed by atoms with van der Waals surface area (Å²) < 4.78 is 11.9. The van der Waals surface area contributed by atoms with Gasteiger partial charge in [0.15, 0.2) is 17.3 Å². The van der Waals surface area contributed by atoms with E-state index in [0.717, 1.165) is 60.4 Å². The van der Waals surface area contributed by atoms with Gasteiger partial charge in [0.05, 0.1) is 31.7 Å². The number of carbonyl (C=O) groups excluding carboxylic acids is 2. The molecule has 1 saturated heterocycles. The Bertz CT molecular complexity index is 1440. The fourth-order valence-corrected chi connectivity index (χ4v) is 6.59. The zero-order valence-electron chi connectivity index (χ0n) is 25.7. The predicted molar refractivity (Wildman–Crippen MR) is 173 cm³/mol. The van der Waals surface area contributed by atoms with E-state index >= 15 is 0 Å². The molecule has 0 saturated carbocycles. The number of amides is 1. The number of ether oxygens (including phenoxy) is 2. The summed E-state index contributed by atoms with van der Waals surface area (Å²) in [6.45, 7) is 7.67. The maximum absolute atomic E-state index is 13.9. The molecule has 5 rings (SSSR count). The zero-order valence-corrected chi connectivity index (χ0v) is 26.5. The summed E-state index contributed by atoms with van der Waals surface area (Å²) in [7, 11) is 3.62. The van der Waals surface area contributed by atoms with Crippen LogP contribution in [0.4, 0.5) is 11.4 Å². The first-order valence-electron chi connectivity index (χ1n) is 15.2. The van der Waals surface area contributed by atoms with Gasteiger partial charge in [-0.2, -0.15) is 0 Å². The minimum atomic E-state index is -0.387. The third-order valence-corrected chi connectivity index (χ3v) is 9.13. The Morgan fingerprint density at radius 2 is 1.74 bits per heavy atom. The average molecular weight is 604 g/mol. The van der Waals surface area contributed by atoms with E-state index in [0.29, 0.717) is 22.4 Å². The van der Waals surface area contributed by atoms with Crippen molar-refractivity contribution in [1.82, 2.24) is 5.32 Å². The predicted octanol–water partition coefficient (Wildman–Crippen LogP) is 6.60. The number of nitrogens with one attached hydrogen (secondary N) is 1. The first kappa shape index (κ1) is 30.9. The van der Waals surface area contributed by atoms with Crippen molar-refractivity contribution in [2.45, 2.75) is 64.6 Å². The number of piperidine rings is 1. The molecule has 3 atom stereocenters. The number of rotatable bonds is 10. The Labute approximate surface area is 260 Å².